The molecule has 2 aromatic carbocycles. The summed E-state index contributed by atoms with van der Waals surface area (Å²) in [5.41, 5.74) is 1.83. The van der Waals surface area contributed by atoms with Gasteiger partial charge in [0.05, 0.1) is 0 Å². The van der Waals surface area contributed by atoms with Crippen molar-refractivity contribution in [3.63, 3.8) is 0 Å². The maximum Gasteiger partial charge on any atom is 0.202 e. The number of carbonyl (C=O) groups excluding carboxylic acids is 1. The van der Waals surface area contributed by atoms with E-state index in [9.17, 15) is 9.18 Å². The number of hydrogen-bond donors (Lipinski definition) is 0. The lowest BCUT2D eigenvalue weighted by Gasteiger charge is -2.03. The van der Waals surface area contributed by atoms with Crippen LogP contribution in [0, 0.1) is 12.7 Å². The van der Waals surface area contributed by atoms with Crippen molar-refractivity contribution in [3.8, 4) is 0 Å². The number of furan rings is 1. The second-order valence-electron chi connectivity index (χ2n) is 4.90. The molecule has 21 heavy (non-hydrogen) atoms. The average Bonchev–Trinajstić information content (AvgIpc) is 2.88. The molecule has 2 nitrogen and oxygen atoms in total. The van der Waals surface area contributed by atoms with Gasteiger partial charge in [0.1, 0.15) is 11.4 Å². The minimum atomic E-state index is -0.483. The molecule has 0 N–H and O–H groups in total. The number of halogens is 2. The Kier molecular flexibility index (Phi) is 3.52. The maximum atomic E-state index is 13.7. The normalized spacial score (nSPS) is 11.0. The molecule has 0 unspecified atom stereocenters. The van der Waals surface area contributed by atoms with Crippen LogP contribution < -0.4 is 0 Å². The summed E-state index contributed by atoms with van der Waals surface area (Å²) < 4.78 is 19.3. The van der Waals surface area contributed by atoms with Gasteiger partial charge in [-0.3, -0.25) is 4.79 Å². The average molecular weight is 303 g/mol. The van der Waals surface area contributed by atoms with Crippen LogP contribution in [0.25, 0.3) is 11.0 Å². The van der Waals surface area contributed by atoms with Gasteiger partial charge in [0.15, 0.2) is 5.76 Å². The number of ketones is 1. The molecule has 3 aromatic rings. The molecule has 4 heteroatoms. The maximum absolute atomic E-state index is 13.7. The summed E-state index contributed by atoms with van der Waals surface area (Å²) in [7, 11) is 0. The van der Waals surface area contributed by atoms with E-state index in [0.717, 1.165) is 10.9 Å². The number of Topliss-reactive ketones (excluding diaryl/α,β-unsaturated/α-hetero) is 1. The summed E-state index contributed by atoms with van der Waals surface area (Å²) in [6.07, 6.45) is -0.121. The number of hydrogen-bond acceptors (Lipinski definition) is 2. The molecular weight excluding hydrogens is 291 g/mol. The number of fused-ring (bicyclic) bond motifs is 1. The topological polar surface area (TPSA) is 30.2 Å². The quantitative estimate of drug-likeness (QED) is 0.640. The van der Waals surface area contributed by atoms with E-state index in [2.05, 4.69) is 0 Å². The predicted octanol–water partition coefficient (Wildman–Crippen LogP) is 4.96. The summed E-state index contributed by atoms with van der Waals surface area (Å²) in [6, 6.07) is 11.7. The van der Waals surface area contributed by atoms with Crippen molar-refractivity contribution in [3.05, 3.63) is 70.2 Å². The third-order valence-electron chi connectivity index (χ3n) is 3.41. The molecule has 0 saturated heterocycles. The third-order valence-corrected chi connectivity index (χ3v) is 3.77. The second-order valence-corrected chi connectivity index (χ2v) is 5.31. The van der Waals surface area contributed by atoms with Crippen molar-refractivity contribution in [1.29, 1.82) is 0 Å². The first-order chi connectivity index (χ1) is 10.1. The van der Waals surface area contributed by atoms with E-state index in [0.29, 0.717) is 5.58 Å². The van der Waals surface area contributed by atoms with Crippen LogP contribution in [0.3, 0.4) is 0 Å². The number of aryl methyl sites for hydroxylation is 1. The lowest BCUT2D eigenvalue weighted by molar-refractivity contribution is 0.0967. The Balaban J connectivity index is 1.96. The van der Waals surface area contributed by atoms with Gasteiger partial charge in [0.2, 0.25) is 5.78 Å². The fourth-order valence-corrected chi connectivity index (χ4v) is 2.53. The van der Waals surface area contributed by atoms with Crippen molar-refractivity contribution >= 4 is 28.4 Å². The lowest BCUT2D eigenvalue weighted by Crippen LogP contribution is -2.04. The molecule has 0 spiro atoms. The second kappa shape index (κ2) is 5.34. The molecule has 1 heterocycles. The highest BCUT2D eigenvalue weighted by Gasteiger charge is 2.17. The van der Waals surface area contributed by atoms with Gasteiger partial charge in [0, 0.05) is 22.4 Å². The number of para-hydroxylation sites is 1. The molecule has 0 atom stereocenters. The minimum Gasteiger partial charge on any atom is -0.453 e. The SMILES string of the molecule is Cc1cccc2cc(C(=O)Cc3c(F)cccc3Cl)oc12. The molecule has 0 aliphatic heterocycles. The third kappa shape index (κ3) is 2.57. The summed E-state index contributed by atoms with van der Waals surface area (Å²) in [6.45, 7) is 1.91. The molecule has 0 aliphatic rings. The van der Waals surface area contributed by atoms with Crippen LogP contribution in [0.5, 0.6) is 0 Å². The van der Waals surface area contributed by atoms with Gasteiger partial charge in [-0.1, -0.05) is 35.9 Å². The Labute approximate surface area is 126 Å². The van der Waals surface area contributed by atoms with Crippen LogP contribution in [-0.4, -0.2) is 5.78 Å². The van der Waals surface area contributed by atoms with E-state index in [1.165, 1.54) is 12.1 Å². The molecule has 0 amide bonds. The van der Waals surface area contributed by atoms with E-state index in [1.807, 2.05) is 25.1 Å². The Hall–Kier alpha value is -2.13. The van der Waals surface area contributed by atoms with Crippen LogP contribution in [0.15, 0.2) is 46.9 Å². The summed E-state index contributed by atoms with van der Waals surface area (Å²) in [4.78, 5) is 12.3. The van der Waals surface area contributed by atoms with E-state index in [1.54, 1.807) is 12.1 Å². The monoisotopic (exact) mass is 302 g/mol. The fourth-order valence-electron chi connectivity index (χ4n) is 2.30. The van der Waals surface area contributed by atoms with Gasteiger partial charge in [-0.2, -0.15) is 0 Å². The highest BCUT2D eigenvalue weighted by molar-refractivity contribution is 6.31. The number of rotatable bonds is 3. The fraction of sp³-hybridized carbons (Fsp3) is 0.118. The van der Waals surface area contributed by atoms with Crippen LogP contribution in [-0.2, 0) is 6.42 Å². The summed E-state index contributed by atoms with van der Waals surface area (Å²) >= 11 is 5.94. The zero-order chi connectivity index (χ0) is 15.0. The van der Waals surface area contributed by atoms with Gasteiger partial charge in [0.25, 0.3) is 0 Å². The molecule has 0 saturated carbocycles. The molecule has 0 fully saturated rings. The van der Waals surface area contributed by atoms with Crippen molar-refractivity contribution in [2.45, 2.75) is 13.3 Å². The minimum absolute atomic E-state index is 0.121. The molecule has 0 aliphatic carbocycles. The lowest BCUT2D eigenvalue weighted by atomic mass is 10.1. The first-order valence-corrected chi connectivity index (χ1v) is 6.89. The Morgan fingerprint density at radius 3 is 2.71 bits per heavy atom. The van der Waals surface area contributed by atoms with Gasteiger partial charge in [-0.05, 0) is 30.7 Å². The van der Waals surface area contributed by atoms with E-state index < -0.39 is 5.82 Å². The summed E-state index contributed by atoms with van der Waals surface area (Å²) in [5.74, 6) is -0.556. The highest BCUT2D eigenvalue weighted by Crippen LogP contribution is 2.25. The smallest absolute Gasteiger partial charge is 0.202 e. The van der Waals surface area contributed by atoms with Crippen molar-refractivity contribution in [2.75, 3.05) is 0 Å². The van der Waals surface area contributed by atoms with Gasteiger partial charge in [-0.15, -0.1) is 0 Å². The first-order valence-electron chi connectivity index (χ1n) is 6.51. The Morgan fingerprint density at radius 1 is 1.24 bits per heavy atom. The van der Waals surface area contributed by atoms with Gasteiger partial charge in [-0.25, -0.2) is 4.39 Å². The molecular formula is C17H12ClFO2. The van der Waals surface area contributed by atoms with Crippen LogP contribution in [0.4, 0.5) is 4.39 Å². The standard InChI is InChI=1S/C17H12ClFO2/c1-10-4-2-5-11-8-16(21-17(10)11)15(20)9-12-13(18)6-3-7-14(12)19/h2-8H,9H2,1H3. The molecule has 0 bridgehead atoms. The van der Waals surface area contributed by atoms with Crippen molar-refractivity contribution in [2.24, 2.45) is 0 Å². The van der Waals surface area contributed by atoms with Gasteiger partial charge < -0.3 is 4.42 Å². The number of benzene rings is 2. The Bertz CT molecular complexity index is 816. The van der Waals surface area contributed by atoms with E-state index in [-0.39, 0.29) is 28.6 Å². The van der Waals surface area contributed by atoms with Crippen molar-refractivity contribution in [1.82, 2.24) is 0 Å². The predicted molar refractivity (Wildman–Crippen MR) is 80.4 cm³/mol. The van der Waals surface area contributed by atoms with Crippen LogP contribution >= 0.6 is 11.6 Å². The summed E-state index contributed by atoms with van der Waals surface area (Å²) in [5, 5.41) is 1.11. The van der Waals surface area contributed by atoms with Crippen LogP contribution in [0.1, 0.15) is 21.7 Å². The zero-order valence-electron chi connectivity index (χ0n) is 11.3. The molecule has 3 rings (SSSR count). The first kappa shape index (κ1) is 13.8. The van der Waals surface area contributed by atoms with E-state index >= 15 is 0 Å². The largest absolute Gasteiger partial charge is 0.453 e. The number of carbonyl (C=O) groups is 1. The zero-order valence-corrected chi connectivity index (χ0v) is 12.1. The molecule has 1 aromatic heterocycles. The van der Waals surface area contributed by atoms with Crippen LogP contribution in [0.2, 0.25) is 5.02 Å². The Morgan fingerprint density at radius 2 is 2.00 bits per heavy atom. The molecule has 0 radical (unpaired) electrons. The van der Waals surface area contributed by atoms with Crippen molar-refractivity contribution < 1.29 is 13.6 Å². The highest BCUT2D eigenvalue weighted by atomic mass is 35.5. The van der Waals surface area contributed by atoms with Gasteiger partial charge >= 0.3 is 0 Å². The molecule has 106 valence electrons. The van der Waals surface area contributed by atoms with E-state index in [4.69, 9.17) is 16.0 Å².